The fraction of sp³-hybridized carbons (Fsp3) is 0.467. The Kier molecular flexibility index (Phi) is 5.34. The summed E-state index contributed by atoms with van der Waals surface area (Å²) in [5.74, 6) is 0. The normalized spacial score (nSPS) is 16.3. The number of benzene rings is 1. The van der Waals surface area contributed by atoms with Gasteiger partial charge in [-0.25, -0.2) is 0 Å². The van der Waals surface area contributed by atoms with Gasteiger partial charge in [-0.15, -0.1) is 0 Å². The minimum Gasteiger partial charge on any atom is -0.398 e. The highest BCUT2D eigenvalue weighted by Crippen LogP contribution is 2.31. The molecule has 1 aromatic rings. The quantitative estimate of drug-likeness (QED) is 0.730. The van der Waals surface area contributed by atoms with Crippen molar-refractivity contribution in [1.82, 2.24) is 4.90 Å². The van der Waals surface area contributed by atoms with Gasteiger partial charge in [0.15, 0.2) is 0 Å². The lowest BCUT2D eigenvalue weighted by atomic mass is 9.94. The van der Waals surface area contributed by atoms with Crippen LogP contribution in [-0.2, 0) is 6.54 Å². The largest absolute Gasteiger partial charge is 0.398 e. The lowest BCUT2D eigenvalue weighted by Gasteiger charge is -2.33. The molecule has 0 atom stereocenters. The average Bonchev–Trinajstić information content (AvgIpc) is 2.42. The molecule has 19 heavy (non-hydrogen) atoms. The lowest BCUT2D eigenvalue weighted by Crippen LogP contribution is -2.32. The van der Waals surface area contributed by atoms with Crippen LogP contribution in [0.3, 0.4) is 0 Å². The molecule has 1 saturated carbocycles. The number of nitrogens with two attached hydrogens (primary N) is 1. The van der Waals surface area contributed by atoms with Crippen LogP contribution in [-0.4, -0.2) is 10.9 Å². The molecular weight excluding hydrogens is 368 g/mol. The predicted molar refractivity (Wildman–Crippen MR) is 88.9 cm³/mol. The van der Waals surface area contributed by atoms with E-state index >= 15 is 0 Å². The number of anilines is 1. The summed E-state index contributed by atoms with van der Waals surface area (Å²) in [6.07, 6.45) is 8.51. The van der Waals surface area contributed by atoms with Gasteiger partial charge >= 0.3 is 0 Å². The zero-order valence-corrected chi connectivity index (χ0v) is 14.2. The Labute approximate surface area is 132 Å². The van der Waals surface area contributed by atoms with Gasteiger partial charge < -0.3 is 10.6 Å². The number of nitrogens with zero attached hydrogens (tertiary/aromatic N) is 1. The molecule has 1 fully saturated rings. The molecule has 0 amide bonds. The highest BCUT2D eigenvalue weighted by Gasteiger charge is 2.19. The third-order valence-corrected chi connectivity index (χ3v) is 4.93. The van der Waals surface area contributed by atoms with E-state index in [0.29, 0.717) is 6.04 Å². The van der Waals surface area contributed by atoms with Gasteiger partial charge in [-0.3, -0.25) is 0 Å². The second kappa shape index (κ2) is 6.80. The molecule has 2 rings (SSSR count). The Morgan fingerprint density at radius 3 is 2.58 bits per heavy atom. The van der Waals surface area contributed by atoms with E-state index in [1.54, 1.807) is 0 Å². The maximum absolute atomic E-state index is 6.16. The summed E-state index contributed by atoms with van der Waals surface area (Å²) in [7, 11) is 0. The monoisotopic (exact) mass is 386 g/mol. The summed E-state index contributed by atoms with van der Waals surface area (Å²) in [5, 5.41) is 0. The fourth-order valence-electron chi connectivity index (χ4n) is 2.72. The van der Waals surface area contributed by atoms with Gasteiger partial charge in [-0.2, -0.15) is 0 Å². The van der Waals surface area contributed by atoms with E-state index in [0.717, 1.165) is 26.7 Å². The topological polar surface area (TPSA) is 29.3 Å². The van der Waals surface area contributed by atoms with Gasteiger partial charge in [0.25, 0.3) is 0 Å². The van der Waals surface area contributed by atoms with Crippen LogP contribution in [0.5, 0.6) is 0 Å². The summed E-state index contributed by atoms with van der Waals surface area (Å²) in [5.41, 5.74) is 8.13. The Bertz CT molecular complexity index is 454. The molecule has 0 bridgehead atoms. The van der Waals surface area contributed by atoms with E-state index in [-0.39, 0.29) is 0 Å². The van der Waals surface area contributed by atoms with Crippen LogP contribution in [0.4, 0.5) is 5.69 Å². The SMILES string of the molecule is C=CN(Cc1cc(Br)cc(Br)c1N)C1CCCCC1. The molecular formula is C15H20Br2N2. The lowest BCUT2D eigenvalue weighted by molar-refractivity contribution is 0.212. The summed E-state index contributed by atoms with van der Waals surface area (Å²) in [6, 6.07) is 4.69. The van der Waals surface area contributed by atoms with E-state index in [2.05, 4.69) is 49.4 Å². The Balaban J connectivity index is 2.15. The van der Waals surface area contributed by atoms with Crippen LogP contribution in [0.1, 0.15) is 37.7 Å². The van der Waals surface area contributed by atoms with E-state index < -0.39 is 0 Å². The molecule has 1 aliphatic rings. The molecule has 4 heteroatoms. The van der Waals surface area contributed by atoms with Crippen LogP contribution in [0.2, 0.25) is 0 Å². The van der Waals surface area contributed by atoms with Gasteiger partial charge in [0.05, 0.1) is 5.69 Å². The molecule has 2 nitrogen and oxygen atoms in total. The smallest absolute Gasteiger partial charge is 0.0509 e. The molecule has 2 N–H and O–H groups in total. The third kappa shape index (κ3) is 3.76. The van der Waals surface area contributed by atoms with Crippen LogP contribution in [0.15, 0.2) is 33.9 Å². The van der Waals surface area contributed by atoms with Crippen molar-refractivity contribution in [3.8, 4) is 0 Å². The molecule has 104 valence electrons. The molecule has 0 aliphatic heterocycles. The van der Waals surface area contributed by atoms with Crippen molar-refractivity contribution in [2.24, 2.45) is 0 Å². The fourth-order valence-corrected chi connectivity index (χ4v) is 4.03. The van der Waals surface area contributed by atoms with E-state index in [1.165, 1.54) is 32.1 Å². The minimum absolute atomic E-state index is 0.614. The second-order valence-corrected chi connectivity index (χ2v) is 6.88. The molecule has 0 heterocycles. The third-order valence-electron chi connectivity index (χ3n) is 3.81. The molecule has 0 spiro atoms. The predicted octanol–water partition coefficient (Wildman–Crippen LogP) is 5.07. The highest BCUT2D eigenvalue weighted by atomic mass is 79.9. The zero-order valence-electron chi connectivity index (χ0n) is 11.0. The van der Waals surface area contributed by atoms with E-state index in [4.69, 9.17) is 5.73 Å². The van der Waals surface area contributed by atoms with Gasteiger partial charge in [0.1, 0.15) is 0 Å². The first kappa shape index (κ1) is 14.9. The number of rotatable bonds is 4. The maximum Gasteiger partial charge on any atom is 0.0509 e. The van der Waals surface area contributed by atoms with Gasteiger partial charge in [0.2, 0.25) is 0 Å². The van der Waals surface area contributed by atoms with E-state index in [1.807, 2.05) is 12.3 Å². The van der Waals surface area contributed by atoms with Crippen LogP contribution >= 0.6 is 31.9 Å². The Morgan fingerprint density at radius 1 is 1.26 bits per heavy atom. The summed E-state index contributed by atoms with van der Waals surface area (Å²) in [6.45, 7) is 4.80. The standard InChI is InChI=1S/C15H20Br2N2/c1-2-19(13-6-4-3-5-7-13)10-11-8-12(16)9-14(17)15(11)18/h2,8-9,13H,1,3-7,10,18H2. The maximum atomic E-state index is 6.16. The van der Waals surface area contributed by atoms with Crippen molar-refractivity contribution in [3.05, 3.63) is 39.4 Å². The number of hydrogen-bond donors (Lipinski definition) is 1. The molecule has 0 radical (unpaired) electrons. The van der Waals surface area contributed by atoms with Crippen molar-refractivity contribution in [2.75, 3.05) is 5.73 Å². The average molecular weight is 388 g/mol. The first-order chi connectivity index (χ1) is 9.11. The van der Waals surface area contributed by atoms with E-state index in [9.17, 15) is 0 Å². The second-order valence-electron chi connectivity index (χ2n) is 5.11. The van der Waals surface area contributed by atoms with Crippen molar-refractivity contribution in [3.63, 3.8) is 0 Å². The Hall–Kier alpha value is -0.480. The highest BCUT2D eigenvalue weighted by molar-refractivity contribution is 9.11. The Morgan fingerprint density at radius 2 is 1.95 bits per heavy atom. The van der Waals surface area contributed by atoms with Gasteiger partial charge in [-0.1, -0.05) is 41.8 Å². The van der Waals surface area contributed by atoms with Crippen molar-refractivity contribution in [1.29, 1.82) is 0 Å². The van der Waals surface area contributed by atoms with Gasteiger partial charge in [0, 0.05) is 21.5 Å². The first-order valence-electron chi connectivity index (χ1n) is 6.73. The summed E-state index contributed by atoms with van der Waals surface area (Å²) >= 11 is 7.03. The molecule has 0 saturated heterocycles. The van der Waals surface area contributed by atoms with Crippen LogP contribution in [0.25, 0.3) is 0 Å². The summed E-state index contributed by atoms with van der Waals surface area (Å²) in [4.78, 5) is 2.34. The van der Waals surface area contributed by atoms with Gasteiger partial charge in [-0.05, 0) is 52.7 Å². The summed E-state index contributed by atoms with van der Waals surface area (Å²) < 4.78 is 2.00. The molecule has 1 aromatic carbocycles. The van der Waals surface area contributed by atoms with Crippen molar-refractivity contribution in [2.45, 2.75) is 44.7 Å². The minimum atomic E-state index is 0.614. The molecule has 1 aliphatic carbocycles. The molecule has 0 aromatic heterocycles. The molecule has 0 unspecified atom stereocenters. The van der Waals surface area contributed by atoms with Crippen LogP contribution in [0, 0.1) is 0 Å². The number of nitrogen functional groups attached to an aromatic ring is 1. The van der Waals surface area contributed by atoms with Crippen LogP contribution < -0.4 is 5.73 Å². The number of halogens is 2. The first-order valence-corrected chi connectivity index (χ1v) is 8.32. The van der Waals surface area contributed by atoms with Crippen molar-refractivity contribution >= 4 is 37.5 Å². The zero-order chi connectivity index (χ0) is 13.8. The van der Waals surface area contributed by atoms with Crippen molar-refractivity contribution < 1.29 is 0 Å². The number of hydrogen-bond acceptors (Lipinski definition) is 2.